The smallest absolute Gasteiger partial charge is 0.223 e. The van der Waals surface area contributed by atoms with Gasteiger partial charge in [-0.2, -0.15) is 0 Å². The molecule has 8 nitrogen and oxygen atoms in total. The summed E-state index contributed by atoms with van der Waals surface area (Å²) in [7, 11) is 0. The molecule has 4 aromatic rings. The Labute approximate surface area is 215 Å². The van der Waals surface area contributed by atoms with Gasteiger partial charge in [0.25, 0.3) is 0 Å². The maximum atomic E-state index is 11.9. The van der Waals surface area contributed by atoms with Crippen LogP contribution in [0.4, 0.5) is 0 Å². The monoisotopic (exact) mass is 500 g/mol. The van der Waals surface area contributed by atoms with Crippen LogP contribution in [0.5, 0.6) is 11.5 Å². The Morgan fingerprint density at radius 1 is 0.946 bits per heavy atom. The van der Waals surface area contributed by atoms with Crippen LogP contribution < -0.4 is 20.1 Å². The second kappa shape index (κ2) is 11.3. The van der Waals surface area contributed by atoms with Gasteiger partial charge in [-0.15, -0.1) is 0 Å². The number of carbonyl (C=O) groups excluding carboxylic acids is 2. The Morgan fingerprint density at radius 3 is 2.51 bits per heavy atom. The number of pyridine rings is 1. The standard InChI is InChI=1S/C29H32N4O4/c1-19(34)30-11-9-21-4-2-3-20-7-8-24(15-26(20)21)36-13-14-37-25-16-27-23(17-32-28(27)33-18-25)10-12-31-29(35)22-5-6-22/h2-4,7-8,15-18,22H,5-6,9-14H2,1H3,(H,30,34)(H,31,35)(H,32,33). The first-order chi connectivity index (χ1) is 18.1. The summed E-state index contributed by atoms with van der Waals surface area (Å²) in [6.07, 6.45) is 7.16. The molecule has 0 radical (unpaired) electrons. The third-order valence-corrected chi connectivity index (χ3v) is 6.57. The van der Waals surface area contributed by atoms with E-state index in [1.165, 1.54) is 12.5 Å². The number of nitrogens with one attached hydrogen (secondary N) is 3. The fraction of sp³-hybridized carbons (Fsp3) is 0.345. The van der Waals surface area contributed by atoms with Gasteiger partial charge in [0.1, 0.15) is 30.4 Å². The normalized spacial score (nSPS) is 13.0. The zero-order chi connectivity index (χ0) is 25.6. The summed E-state index contributed by atoms with van der Waals surface area (Å²) in [5.41, 5.74) is 3.07. The number of aromatic amines is 1. The quantitative estimate of drug-likeness (QED) is 0.256. The first-order valence-electron chi connectivity index (χ1n) is 12.8. The fourth-order valence-electron chi connectivity index (χ4n) is 4.45. The van der Waals surface area contributed by atoms with Crippen molar-refractivity contribution in [2.24, 2.45) is 5.92 Å². The number of hydrogen-bond donors (Lipinski definition) is 3. The highest BCUT2D eigenvalue weighted by Crippen LogP contribution is 2.29. The van der Waals surface area contributed by atoms with Crippen molar-refractivity contribution in [3.63, 3.8) is 0 Å². The predicted octanol–water partition coefficient (Wildman–Crippen LogP) is 3.92. The number of hydrogen-bond acceptors (Lipinski definition) is 5. The van der Waals surface area contributed by atoms with Gasteiger partial charge in [0.05, 0.1) is 6.20 Å². The molecule has 0 atom stereocenters. The van der Waals surface area contributed by atoms with Gasteiger partial charge in [0, 0.05) is 37.5 Å². The van der Waals surface area contributed by atoms with Gasteiger partial charge < -0.3 is 25.1 Å². The Morgan fingerprint density at radius 2 is 1.70 bits per heavy atom. The molecule has 3 N–H and O–H groups in total. The lowest BCUT2D eigenvalue weighted by atomic mass is 10.0. The summed E-state index contributed by atoms with van der Waals surface area (Å²) < 4.78 is 11.9. The summed E-state index contributed by atoms with van der Waals surface area (Å²) in [4.78, 5) is 30.7. The van der Waals surface area contributed by atoms with Crippen LogP contribution >= 0.6 is 0 Å². The van der Waals surface area contributed by atoms with E-state index in [2.05, 4.69) is 32.7 Å². The molecule has 1 aliphatic rings. The molecule has 1 aliphatic carbocycles. The zero-order valence-electron chi connectivity index (χ0n) is 21.0. The average molecular weight is 501 g/mol. The van der Waals surface area contributed by atoms with Crippen LogP contribution in [0, 0.1) is 5.92 Å². The van der Waals surface area contributed by atoms with E-state index >= 15 is 0 Å². The molecule has 2 aromatic heterocycles. The number of rotatable bonds is 12. The lowest BCUT2D eigenvalue weighted by Gasteiger charge is -2.11. The SMILES string of the molecule is CC(=O)NCCc1cccc2ccc(OCCOc3cnc4[nH]cc(CCNC(=O)C5CC5)c4c3)cc12. The minimum Gasteiger partial charge on any atom is -0.490 e. The van der Waals surface area contributed by atoms with Gasteiger partial charge in [-0.25, -0.2) is 4.98 Å². The summed E-state index contributed by atoms with van der Waals surface area (Å²) in [6.45, 7) is 3.52. The van der Waals surface area contributed by atoms with Crippen molar-refractivity contribution in [2.75, 3.05) is 26.3 Å². The van der Waals surface area contributed by atoms with E-state index in [4.69, 9.17) is 9.47 Å². The van der Waals surface area contributed by atoms with E-state index in [9.17, 15) is 9.59 Å². The zero-order valence-corrected chi connectivity index (χ0v) is 21.0. The number of nitrogens with zero attached hydrogens (tertiary/aromatic N) is 1. The van der Waals surface area contributed by atoms with Crippen molar-refractivity contribution < 1.29 is 19.1 Å². The number of amides is 2. The Kier molecular flexibility index (Phi) is 7.54. The van der Waals surface area contributed by atoms with Crippen LogP contribution in [0.2, 0.25) is 0 Å². The van der Waals surface area contributed by atoms with Crippen molar-refractivity contribution in [3.8, 4) is 11.5 Å². The third-order valence-electron chi connectivity index (χ3n) is 6.57. The molecule has 5 rings (SSSR count). The molecular weight excluding hydrogens is 468 g/mol. The molecule has 0 spiro atoms. The Bertz CT molecular complexity index is 1410. The van der Waals surface area contributed by atoms with Crippen molar-refractivity contribution in [3.05, 3.63) is 66.0 Å². The topological polar surface area (TPSA) is 105 Å². The van der Waals surface area contributed by atoms with Gasteiger partial charge in [-0.1, -0.05) is 24.3 Å². The average Bonchev–Trinajstić information content (AvgIpc) is 3.68. The number of benzene rings is 2. The van der Waals surface area contributed by atoms with Gasteiger partial charge in [0.2, 0.25) is 11.8 Å². The lowest BCUT2D eigenvalue weighted by molar-refractivity contribution is -0.122. The molecule has 1 saturated carbocycles. The maximum absolute atomic E-state index is 11.9. The molecule has 8 heteroatoms. The highest BCUT2D eigenvalue weighted by atomic mass is 16.5. The van der Waals surface area contributed by atoms with Crippen molar-refractivity contribution in [2.45, 2.75) is 32.6 Å². The summed E-state index contributed by atoms with van der Waals surface area (Å²) in [5.74, 6) is 1.81. The van der Waals surface area contributed by atoms with Crippen LogP contribution in [0.1, 0.15) is 30.9 Å². The Balaban J connectivity index is 1.14. The number of aromatic nitrogens is 2. The molecule has 2 aromatic carbocycles. The largest absolute Gasteiger partial charge is 0.490 e. The third kappa shape index (κ3) is 6.39. The van der Waals surface area contributed by atoms with E-state index < -0.39 is 0 Å². The molecule has 0 unspecified atom stereocenters. The number of fused-ring (bicyclic) bond motifs is 2. The first-order valence-corrected chi connectivity index (χ1v) is 12.8. The van der Waals surface area contributed by atoms with Crippen molar-refractivity contribution in [1.29, 1.82) is 0 Å². The second-order valence-corrected chi connectivity index (χ2v) is 9.43. The minimum atomic E-state index is -0.0243. The molecule has 2 heterocycles. The van der Waals surface area contributed by atoms with Crippen molar-refractivity contribution >= 4 is 33.6 Å². The fourth-order valence-corrected chi connectivity index (χ4v) is 4.45. The first kappa shape index (κ1) is 24.6. The molecule has 1 fully saturated rings. The van der Waals surface area contributed by atoms with Crippen LogP contribution in [-0.2, 0) is 22.4 Å². The lowest BCUT2D eigenvalue weighted by Crippen LogP contribution is -2.26. The molecule has 0 aliphatic heterocycles. The molecule has 192 valence electrons. The van der Waals surface area contributed by atoms with Crippen LogP contribution in [0.15, 0.2) is 54.9 Å². The summed E-state index contributed by atoms with van der Waals surface area (Å²) in [5, 5.41) is 9.12. The van der Waals surface area contributed by atoms with Gasteiger partial charge in [-0.3, -0.25) is 9.59 Å². The second-order valence-electron chi connectivity index (χ2n) is 9.43. The highest BCUT2D eigenvalue weighted by Gasteiger charge is 2.29. The number of H-pyrrole nitrogens is 1. The van der Waals surface area contributed by atoms with Crippen molar-refractivity contribution in [1.82, 2.24) is 20.6 Å². The molecule has 37 heavy (non-hydrogen) atoms. The van der Waals surface area contributed by atoms with Gasteiger partial charge in [0.15, 0.2) is 0 Å². The van der Waals surface area contributed by atoms with Crippen LogP contribution in [0.3, 0.4) is 0 Å². The molecule has 2 amide bonds. The maximum Gasteiger partial charge on any atom is 0.223 e. The van der Waals surface area contributed by atoms with E-state index in [0.29, 0.717) is 32.1 Å². The molecule has 0 bridgehead atoms. The van der Waals surface area contributed by atoms with Gasteiger partial charge in [-0.05, 0) is 65.8 Å². The number of ether oxygens (including phenoxy) is 2. The minimum absolute atomic E-state index is 0.0243. The van der Waals surface area contributed by atoms with E-state index in [-0.39, 0.29) is 17.7 Å². The highest BCUT2D eigenvalue weighted by molar-refractivity contribution is 5.87. The molecular formula is C29H32N4O4. The van der Waals surface area contributed by atoms with Crippen LogP contribution in [-0.4, -0.2) is 48.1 Å². The van der Waals surface area contributed by atoms with E-state index in [1.54, 1.807) is 6.20 Å². The molecule has 0 saturated heterocycles. The van der Waals surface area contributed by atoms with E-state index in [0.717, 1.165) is 58.8 Å². The Hall–Kier alpha value is -4.07. The van der Waals surface area contributed by atoms with Crippen LogP contribution in [0.25, 0.3) is 21.8 Å². The van der Waals surface area contributed by atoms with Gasteiger partial charge >= 0.3 is 0 Å². The predicted molar refractivity (Wildman–Crippen MR) is 143 cm³/mol. The summed E-state index contributed by atoms with van der Waals surface area (Å²) >= 11 is 0. The summed E-state index contributed by atoms with van der Waals surface area (Å²) in [6, 6.07) is 14.2. The number of carbonyl (C=O) groups is 2. The van der Waals surface area contributed by atoms with E-state index in [1.807, 2.05) is 36.5 Å².